The van der Waals surface area contributed by atoms with Crippen molar-refractivity contribution in [3.63, 3.8) is 0 Å². The molecule has 0 spiro atoms. The summed E-state index contributed by atoms with van der Waals surface area (Å²) in [5.74, 6) is 0.322. The number of aromatic nitrogens is 2. The van der Waals surface area contributed by atoms with Gasteiger partial charge in [0.2, 0.25) is 5.91 Å². The van der Waals surface area contributed by atoms with E-state index in [1.807, 2.05) is 6.33 Å². The molecule has 0 aliphatic carbocycles. The van der Waals surface area contributed by atoms with Gasteiger partial charge in [0.1, 0.15) is 0 Å². The number of nitrogens with zero attached hydrogens (tertiary/aromatic N) is 2. The zero-order valence-electron chi connectivity index (χ0n) is 10.9. The van der Waals surface area contributed by atoms with Crippen molar-refractivity contribution in [2.75, 3.05) is 7.05 Å². The van der Waals surface area contributed by atoms with E-state index in [-0.39, 0.29) is 11.8 Å². The molecule has 0 saturated carbocycles. The maximum Gasteiger partial charge on any atom is 0.229 e. The molecule has 1 aromatic rings. The number of carbonyl (C=O) groups is 1. The first-order chi connectivity index (χ1) is 8.19. The fraction of sp³-hybridized carbons (Fsp3) is 0.692. The summed E-state index contributed by atoms with van der Waals surface area (Å²) in [6.45, 7) is 5.29. The Morgan fingerprint density at radius 3 is 3.06 bits per heavy atom. The van der Waals surface area contributed by atoms with Crippen LogP contribution in [0.4, 0.5) is 0 Å². The summed E-state index contributed by atoms with van der Waals surface area (Å²) in [7, 11) is 1.70. The zero-order valence-corrected chi connectivity index (χ0v) is 10.9. The van der Waals surface area contributed by atoms with Crippen LogP contribution in [-0.4, -0.2) is 22.5 Å². The number of aryl methyl sites for hydroxylation is 1. The highest BCUT2D eigenvalue weighted by Gasteiger charge is 2.31. The number of hydrogen-bond acceptors (Lipinski definition) is 2. The minimum Gasteiger partial charge on any atom is -0.359 e. The van der Waals surface area contributed by atoms with Crippen LogP contribution in [0.15, 0.2) is 6.33 Å². The highest BCUT2D eigenvalue weighted by molar-refractivity contribution is 5.83. The number of hydrogen-bond donors (Lipinski definition) is 1. The van der Waals surface area contributed by atoms with E-state index in [0.717, 1.165) is 25.1 Å². The Labute approximate surface area is 102 Å². The summed E-state index contributed by atoms with van der Waals surface area (Å²) < 4.78 is 2.19. The zero-order chi connectivity index (χ0) is 12.4. The van der Waals surface area contributed by atoms with Crippen LogP contribution in [0.5, 0.6) is 0 Å². The van der Waals surface area contributed by atoms with Crippen LogP contribution in [0.25, 0.3) is 0 Å². The summed E-state index contributed by atoms with van der Waals surface area (Å²) in [5.41, 5.74) is 2.26. The first kappa shape index (κ1) is 12.1. The van der Waals surface area contributed by atoms with Gasteiger partial charge in [-0.15, -0.1) is 0 Å². The lowest BCUT2D eigenvalue weighted by molar-refractivity contribution is -0.123. The molecule has 0 aromatic carbocycles. The van der Waals surface area contributed by atoms with Crippen LogP contribution in [0.2, 0.25) is 0 Å². The third-order valence-corrected chi connectivity index (χ3v) is 3.83. The second-order valence-electron chi connectivity index (χ2n) is 4.85. The lowest BCUT2D eigenvalue weighted by Gasteiger charge is -2.20. The Kier molecular flexibility index (Phi) is 3.50. The fourth-order valence-electron chi connectivity index (χ4n) is 2.61. The molecule has 17 heavy (non-hydrogen) atoms. The summed E-state index contributed by atoms with van der Waals surface area (Å²) >= 11 is 0. The van der Waals surface area contributed by atoms with Crippen LogP contribution < -0.4 is 5.32 Å². The van der Waals surface area contributed by atoms with Crippen molar-refractivity contribution in [3.05, 3.63) is 17.7 Å². The number of nitrogens with one attached hydrogen (secondary N) is 1. The maximum absolute atomic E-state index is 12.1. The average molecular weight is 235 g/mol. The number of imidazole rings is 1. The number of fused-ring (bicyclic) bond motifs is 1. The second-order valence-corrected chi connectivity index (χ2v) is 4.85. The third-order valence-electron chi connectivity index (χ3n) is 3.83. The molecule has 0 radical (unpaired) electrons. The molecule has 4 heteroatoms. The molecule has 2 atom stereocenters. The van der Waals surface area contributed by atoms with Gasteiger partial charge in [-0.05, 0) is 18.8 Å². The molecule has 2 heterocycles. The molecule has 0 fully saturated rings. The van der Waals surface area contributed by atoms with Crippen molar-refractivity contribution in [1.29, 1.82) is 0 Å². The van der Waals surface area contributed by atoms with Gasteiger partial charge in [0, 0.05) is 19.3 Å². The van der Waals surface area contributed by atoms with E-state index in [9.17, 15) is 4.79 Å². The smallest absolute Gasteiger partial charge is 0.229 e. The lowest BCUT2D eigenvalue weighted by Crippen LogP contribution is -2.30. The molecule has 0 saturated heterocycles. The molecule has 0 bridgehead atoms. The maximum atomic E-state index is 12.1. The SMILES string of the molecule is CCC(C)C(C(=O)NC)c1ncn2c1CCC2. The second kappa shape index (κ2) is 4.90. The number of carbonyl (C=O) groups excluding carboxylic acids is 1. The standard InChI is InChI=1S/C13H21N3O/c1-4-9(2)11(13(17)14-3)12-10-6-5-7-16(10)8-15-12/h8-9,11H,4-7H2,1-3H3,(H,14,17). The van der Waals surface area contributed by atoms with E-state index in [0.29, 0.717) is 5.92 Å². The lowest BCUT2D eigenvalue weighted by atomic mass is 9.87. The van der Waals surface area contributed by atoms with Gasteiger partial charge in [0.15, 0.2) is 0 Å². The van der Waals surface area contributed by atoms with E-state index in [2.05, 4.69) is 28.7 Å². The Balaban J connectivity index is 2.35. The molecule has 2 rings (SSSR count). The highest BCUT2D eigenvalue weighted by atomic mass is 16.1. The van der Waals surface area contributed by atoms with E-state index < -0.39 is 0 Å². The normalized spacial score (nSPS) is 17.6. The van der Waals surface area contributed by atoms with E-state index in [4.69, 9.17) is 0 Å². The number of amides is 1. The first-order valence-electron chi connectivity index (χ1n) is 6.44. The van der Waals surface area contributed by atoms with Gasteiger partial charge in [0.25, 0.3) is 0 Å². The minimum absolute atomic E-state index is 0.0905. The van der Waals surface area contributed by atoms with E-state index >= 15 is 0 Å². The van der Waals surface area contributed by atoms with Crippen molar-refractivity contribution in [3.8, 4) is 0 Å². The van der Waals surface area contributed by atoms with Gasteiger partial charge < -0.3 is 9.88 Å². The molecule has 1 N–H and O–H groups in total. The van der Waals surface area contributed by atoms with Crippen LogP contribution in [0.3, 0.4) is 0 Å². The quantitative estimate of drug-likeness (QED) is 0.863. The van der Waals surface area contributed by atoms with Crippen molar-refractivity contribution < 1.29 is 4.79 Å². The number of likely N-dealkylation sites (N-methyl/N-ethyl adjacent to an activating group) is 1. The predicted molar refractivity (Wildman–Crippen MR) is 66.8 cm³/mol. The molecule has 4 nitrogen and oxygen atoms in total. The molecule has 1 aliphatic rings. The van der Waals surface area contributed by atoms with Crippen LogP contribution in [-0.2, 0) is 17.8 Å². The van der Waals surface area contributed by atoms with E-state index in [1.165, 1.54) is 12.1 Å². The largest absolute Gasteiger partial charge is 0.359 e. The van der Waals surface area contributed by atoms with E-state index in [1.54, 1.807) is 7.05 Å². The van der Waals surface area contributed by atoms with Gasteiger partial charge in [-0.1, -0.05) is 20.3 Å². The highest BCUT2D eigenvalue weighted by Crippen LogP contribution is 2.31. The molecule has 94 valence electrons. The van der Waals surface area contributed by atoms with Crippen molar-refractivity contribution in [2.24, 2.45) is 5.92 Å². The molecular weight excluding hydrogens is 214 g/mol. The Morgan fingerprint density at radius 1 is 1.65 bits per heavy atom. The Hall–Kier alpha value is -1.32. The molecular formula is C13H21N3O. The number of rotatable bonds is 4. The monoisotopic (exact) mass is 235 g/mol. The van der Waals surface area contributed by atoms with Crippen LogP contribution >= 0.6 is 0 Å². The molecule has 1 aromatic heterocycles. The molecule has 2 unspecified atom stereocenters. The van der Waals surface area contributed by atoms with Gasteiger partial charge in [-0.3, -0.25) is 4.79 Å². The van der Waals surface area contributed by atoms with Crippen LogP contribution in [0.1, 0.15) is 44.0 Å². The first-order valence-corrected chi connectivity index (χ1v) is 6.44. The Morgan fingerprint density at radius 2 is 2.41 bits per heavy atom. The van der Waals surface area contributed by atoms with Gasteiger partial charge >= 0.3 is 0 Å². The molecule has 1 amide bonds. The predicted octanol–water partition coefficient (Wildman–Crippen LogP) is 1.70. The van der Waals surface area contributed by atoms with Gasteiger partial charge in [0.05, 0.1) is 17.9 Å². The summed E-state index contributed by atoms with van der Waals surface area (Å²) in [5, 5.41) is 2.77. The van der Waals surface area contributed by atoms with Crippen molar-refractivity contribution >= 4 is 5.91 Å². The third kappa shape index (κ3) is 2.08. The summed E-state index contributed by atoms with van der Waals surface area (Å²) in [6, 6.07) is 0. The van der Waals surface area contributed by atoms with Crippen molar-refractivity contribution in [2.45, 2.75) is 45.6 Å². The van der Waals surface area contributed by atoms with Gasteiger partial charge in [-0.2, -0.15) is 0 Å². The topological polar surface area (TPSA) is 46.9 Å². The Bertz CT molecular complexity index is 411. The molecule has 1 aliphatic heterocycles. The fourth-order valence-corrected chi connectivity index (χ4v) is 2.61. The average Bonchev–Trinajstić information content (AvgIpc) is 2.93. The minimum atomic E-state index is -0.0978. The van der Waals surface area contributed by atoms with Crippen molar-refractivity contribution in [1.82, 2.24) is 14.9 Å². The summed E-state index contributed by atoms with van der Waals surface area (Å²) in [4.78, 5) is 16.5. The summed E-state index contributed by atoms with van der Waals surface area (Å²) in [6.07, 6.45) is 5.10. The van der Waals surface area contributed by atoms with Crippen LogP contribution in [0, 0.1) is 5.92 Å². The van der Waals surface area contributed by atoms with Gasteiger partial charge in [-0.25, -0.2) is 4.98 Å².